The second kappa shape index (κ2) is 7.09. The third kappa shape index (κ3) is 3.17. The van der Waals surface area contributed by atoms with Gasteiger partial charge in [0.25, 0.3) is 10.0 Å². The van der Waals surface area contributed by atoms with Gasteiger partial charge in [0.05, 0.1) is 24.2 Å². The number of sulfonamides is 1. The second-order valence-electron chi connectivity index (χ2n) is 5.64. The fraction of sp³-hybridized carbons (Fsp3) is 0.263. The summed E-state index contributed by atoms with van der Waals surface area (Å²) in [4.78, 5) is 0.325. The Bertz CT molecular complexity index is 843. The van der Waals surface area contributed by atoms with Crippen LogP contribution in [-0.2, 0) is 10.0 Å². The number of anilines is 1. The fourth-order valence-electron chi connectivity index (χ4n) is 2.79. The molecule has 0 spiro atoms. The normalized spacial score (nSPS) is 11.2. The summed E-state index contributed by atoms with van der Waals surface area (Å²) in [5.74, 6) is 0.693. The maximum atomic E-state index is 13.4. The molecule has 0 fully saturated rings. The molecule has 0 amide bonds. The van der Waals surface area contributed by atoms with E-state index < -0.39 is 10.0 Å². The molecule has 0 atom stereocenters. The molecule has 0 aliphatic heterocycles. The lowest BCUT2D eigenvalue weighted by molar-refractivity contribution is 0.410. The van der Waals surface area contributed by atoms with E-state index in [1.54, 1.807) is 38.3 Å². The van der Waals surface area contributed by atoms with Gasteiger partial charge in [-0.15, -0.1) is 6.58 Å². The number of nitrogens with zero attached hydrogens (tertiary/aromatic N) is 1. The van der Waals surface area contributed by atoms with E-state index in [4.69, 9.17) is 4.74 Å². The maximum Gasteiger partial charge on any atom is 0.265 e. The molecule has 2 aromatic carbocycles. The van der Waals surface area contributed by atoms with Crippen LogP contribution in [0.1, 0.15) is 16.7 Å². The molecule has 24 heavy (non-hydrogen) atoms. The van der Waals surface area contributed by atoms with Crippen LogP contribution in [0.25, 0.3) is 0 Å². The van der Waals surface area contributed by atoms with Gasteiger partial charge in [-0.25, -0.2) is 8.42 Å². The molecule has 0 aromatic heterocycles. The van der Waals surface area contributed by atoms with E-state index in [2.05, 4.69) is 6.58 Å². The highest BCUT2D eigenvalue weighted by molar-refractivity contribution is 7.93. The van der Waals surface area contributed by atoms with Gasteiger partial charge in [-0.2, -0.15) is 0 Å². The van der Waals surface area contributed by atoms with Crippen LogP contribution < -0.4 is 9.04 Å². The van der Waals surface area contributed by atoms with Crippen LogP contribution in [0.3, 0.4) is 0 Å². The van der Waals surface area contributed by atoms with Crippen molar-refractivity contribution >= 4 is 15.7 Å². The van der Waals surface area contributed by atoms with Gasteiger partial charge in [0, 0.05) is 0 Å². The minimum absolute atomic E-state index is 0.205. The quantitative estimate of drug-likeness (QED) is 0.744. The summed E-state index contributed by atoms with van der Waals surface area (Å²) in [5.41, 5.74) is 2.81. The topological polar surface area (TPSA) is 46.6 Å². The lowest BCUT2D eigenvalue weighted by atomic mass is 10.1. The van der Waals surface area contributed by atoms with Crippen LogP contribution >= 0.6 is 0 Å². The van der Waals surface area contributed by atoms with Crippen LogP contribution in [-0.4, -0.2) is 22.1 Å². The first-order valence-corrected chi connectivity index (χ1v) is 9.12. The molecule has 0 aliphatic rings. The van der Waals surface area contributed by atoms with Crippen molar-refractivity contribution in [3.05, 3.63) is 65.7 Å². The Hall–Kier alpha value is -2.27. The summed E-state index contributed by atoms with van der Waals surface area (Å²) in [7, 11) is -2.13. The minimum Gasteiger partial charge on any atom is -0.496 e. The minimum atomic E-state index is -3.72. The highest BCUT2D eigenvalue weighted by Gasteiger charge is 2.29. The number of ether oxygens (including phenoxy) is 1. The molecular formula is C19H23NO3S. The van der Waals surface area contributed by atoms with E-state index >= 15 is 0 Å². The highest BCUT2D eigenvalue weighted by Crippen LogP contribution is 2.33. The molecule has 0 N–H and O–H groups in total. The lowest BCUT2D eigenvalue weighted by Gasteiger charge is -2.26. The zero-order valence-corrected chi connectivity index (χ0v) is 15.4. The van der Waals surface area contributed by atoms with E-state index in [0.29, 0.717) is 27.5 Å². The van der Waals surface area contributed by atoms with E-state index in [-0.39, 0.29) is 6.54 Å². The van der Waals surface area contributed by atoms with E-state index in [1.165, 1.54) is 4.31 Å². The van der Waals surface area contributed by atoms with Crippen molar-refractivity contribution in [2.45, 2.75) is 25.7 Å². The summed E-state index contributed by atoms with van der Waals surface area (Å²) < 4.78 is 33.4. The molecule has 0 saturated carbocycles. The Kier molecular flexibility index (Phi) is 5.34. The molecule has 0 bridgehead atoms. The molecule has 4 nitrogen and oxygen atoms in total. The van der Waals surface area contributed by atoms with Crippen LogP contribution in [0.5, 0.6) is 5.75 Å². The van der Waals surface area contributed by atoms with Gasteiger partial charge in [-0.05, 0) is 55.7 Å². The summed E-state index contributed by atoms with van der Waals surface area (Å²) in [6.07, 6.45) is 1.59. The average molecular weight is 345 g/mol. The zero-order chi connectivity index (χ0) is 17.9. The Morgan fingerprint density at radius 3 is 2.29 bits per heavy atom. The third-order valence-corrected chi connectivity index (χ3v) is 6.17. The van der Waals surface area contributed by atoms with Crippen LogP contribution in [0, 0.1) is 20.8 Å². The second-order valence-corrected chi connectivity index (χ2v) is 7.43. The number of para-hydroxylation sites is 1. The smallest absolute Gasteiger partial charge is 0.265 e. The number of methoxy groups -OCH3 is 1. The Morgan fingerprint density at radius 2 is 1.75 bits per heavy atom. The summed E-state index contributed by atoms with van der Waals surface area (Å²) in [5, 5.41) is 0. The standard InChI is InChI=1S/C19H23NO3S/c1-6-12-20(17-10-8-7-9-11-17)24(21,22)19-14(2)13-18(23-5)15(3)16(19)4/h6-11,13H,1,12H2,2-5H3. The zero-order valence-electron chi connectivity index (χ0n) is 14.5. The SMILES string of the molecule is C=CCN(c1ccccc1)S(=O)(=O)c1c(C)cc(OC)c(C)c1C. The average Bonchev–Trinajstić information content (AvgIpc) is 2.56. The van der Waals surface area contributed by atoms with Crippen molar-refractivity contribution in [3.8, 4) is 5.75 Å². The molecule has 0 unspecified atom stereocenters. The number of hydrogen-bond acceptors (Lipinski definition) is 3. The maximum absolute atomic E-state index is 13.4. The lowest BCUT2D eigenvalue weighted by Crippen LogP contribution is -2.32. The molecular weight excluding hydrogens is 322 g/mol. The fourth-order valence-corrected chi connectivity index (χ4v) is 4.72. The Balaban J connectivity index is 2.69. The van der Waals surface area contributed by atoms with Gasteiger partial charge >= 0.3 is 0 Å². The molecule has 0 radical (unpaired) electrons. The molecule has 2 aromatic rings. The van der Waals surface area contributed by atoms with E-state index in [9.17, 15) is 8.42 Å². The monoisotopic (exact) mass is 345 g/mol. The molecule has 0 saturated heterocycles. The van der Waals surface area contributed by atoms with Crippen molar-refractivity contribution in [2.24, 2.45) is 0 Å². The number of rotatable bonds is 6. The number of benzene rings is 2. The molecule has 2 rings (SSSR count). The summed E-state index contributed by atoms with van der Waals surface area (Å²) >= 11 is 0. The Morgan fingerprint density at radius 1 is 1.12 bits per heavy atom. The van der Waals surface area contributed by atoms with E-state index in [1.807, 2.05) is 32.0 Å². The first-order chi connectivity index (χ1) is 11.3. The third-order valence-electron chi connectivity index (χ3n) is 4.09. The van der Waals surface area contributed by atoms with Crippen molar-refractivity contribution in [2.75, 3.05) is 18.0 Å². The van der Waals surface area contributed by atoms with Gasteiger partial charge in [-0.1, -0.05) is 24.3 Å². The molecule has 0 heterocycles. The highest BCUT2D eigenvalue weighted by atomic mass is 32.2. The van der Waals surface area contributed by atoms with Crippen molar-refractivity contribution < 1.29 is 13.2 Å². The van der Waals surface area contributed by atoms with Crippen LogP contribution in [0.4, 0.5) is 5.69 Å². The van der Waals surface area contributed by atoms with Gasteiger partial charge in [0.1, 0.15) is 5.75 Å². The van der Waals surface area contributed by atoms with E-state index in [0.717, 1.165) is 5.56 Å². The molecule has 0 aliphatic carbocycles. The number of aryl methyl sites for hydroxylation is 1. The van der Waals surface area contributed by atoms with Gasteiger partial charge < -0.3 is 4.74 Å². The molecule has 5 heteroatoms. The number of hydrogen-bond donors (Lipinski definition) is 0. The summed E-state index contributed by atoms with van der Waals surface area (Å²) in [6, 6.07) is 10.8. The van der Waals surface area contributed by atoms with Crippen LogP contribution in [0.15, 0.2) is 53.9 Å². The first kappa shape index (κ1) is 18.1. The van der Waals surface area contributed by atoms with Crippen molar-refractivity contribution in [1.82, 2.24) is 0 Å². The van der Waals surface area contributed by atoms with Gasteiger partial charge in [0.2, 0.25) is 0 Å². The van der Waals surface area contributed by atoms with Crippen LogP contribution in [0.2, 0.25) is 0 Å². The van der Waals surface area contributed by atoms with Gasteiger partial charge in [-0.3, -0.25) is 4.31 Å². The Labute approximate surface area is 144 Å². The van der Waals surface area contributed by atoms with Crippen molar-refractivity contribution in [3.63, 3.8) is 0 Å². The molecule has 128 valence electrons. The predicted molar refractivity (Wildman–Crippen MR) is 98.4 cm³/mol. The summed E-state index contributed by atoms with van der Waals surface area (Å²) in [6.45, 7) is 9.37. The van der Waals surface area contributed by atoms with Gasteiger partial charge in [0.15, 0.2) is 0 Å². The first-order valence-electron chi connectivity index (χ1n) is 7.68. The largest absolute Gasteiger partial charge is 0.496 e. The van der Waals surface area contributed by atoms with Crippen molar-refractivity contribution in [1.29, 1.82) is 0 Å². The predicted octanol–water partition coefficient (Wildman–Crippen LogP) is 4.00.